The third-order valence-corrected chi connectivity index (χ3v) is 3.27. The quantitative estimate of drug-likeness (QED) is 0.575. The molecule has 0 aliphatic rings. The summed E-state index contributed by atoms with van der Waals surface area (Å²) in [7, 11) is 1.95. The molecule has 0 aromatic heterocycles. The Hall–Kier alpha value is -2.21. The van der Waals surface area contributed by atoms with E-state index in [9.17, 15) is 9.59 Å². The number of anilines is 1. The van der Waals surface area contributed by atoms with E-state index in [0.29, 0.717) is 30.6 Å². The van der Waals surface area contributed by atoms with Crippen LogP contribution in [0.1, 0.15) is 35.7 Å². The van der Waals surface area contributed by atoms with Gasteiger partial charge >= 0.3 is 0 Å². The zero-order valence-electron chi connectivity index (χ0n) is 12.5. The normalized spacial score (nSPS) is 11.4. The first kappa shape index (κ1) is 18.8. The third kappa shape index (κ3) is 6.67. The van der Waals surface area contributed by atoms with Crippen molar-refractivity contribution in [2.45, 2.75) is 32.4 Å². The van der Waals surface area contributed by atoms with E-state index in [1.54, 1.807) is 18.2 Å². The Morgan fingerprint density at radius 1 is 1.43 bits per heavy atom. The molecule has 6 heteroatoms. The molecule has 0 saturated carbocycles. The van der Waals surface area contributed by atoms with Crippen LogP contribution < -0.4 is 11.5 Å². The van der Waals surface area contributed by atoms with E-state index in [2.05, 4.69) is 4.90 Å². The smallest absolute Gasteiger partial charge is 0.217 e. The van der Waals surface area contributed by atoms with E-state index >= 15 is 0 Å². The van der Waals surface area contributed by atoms with Gasteiger partial charge in [0.25, 0.3) is 0 Å². The number of carbonyl (C=O) groups is 3. The number of nitrogen functional groups attached to an aromatic ring is 1. The lowest BCUT2D eigenvalue weighted by molar-refractivity contribution is -0.118. The number of carbonyl (C=O) groups excluding carboxylic acids is 3. The number of hydrogen-bond acceptors (Lipinski definition) is 5. The van der Waals surface area contributed by atoms with Gasteiger partial charge in [-0.15, -0.1) is 0 Å². The number of hydrogen-bond donors (Lipinski definition) is 2. The van der Waals surface area contributed by atoms with Crippen molar-refractivity contribution in [1.29, 1.82) is 0 Å². The van der Waals surface area contributed by atoms with E-state index < -0.39 is 0 Å². The summed E-state index contributed by atoms with van der Waals surface area (Å²) < 4.78 is 0. The van der Waals surface area contributed by atoms with Gasteiger partial charge in [0, 0.05) is 30.3 Å². The van der Waals surface area contributed by atoms with Crippen LogP contribution in [0.2, 0.25) is 0 Å². The van der Waals surface area contributed by atoms with Crippen LogP contribution in [0.4, 0.5) is 5.69 Å². The predicted octanol–water partition coefficient (Wildman–Crippen LogP) is 0.982. The van der Waals surface area contributed by atoms with Crippen LogP contribution in [-0.4, -0.2) is 37.0 Å². The second-order valence-corrected chi connectivity index (χ2v) is 4.85. The van der Waals surface area contributed by atoms with Crippen molar-refractivity contribution < 1.29 is 14.4 Å². The molecule has 1 rings (SSSR count). The zero-order valence-corrected chi connectivity index (χ0v) is 12.5. The predicted molar refractivity (Wildman–Crippen MR) is 82.7 cm³/mol. The van der Waals surface area contributed by atoms with Crippen LogP contribution in [0, 0.1) is 0 Å². The second kappa shape index (κ2) is 9.66. The van der Waals surface area contributed by atoms with Crippen molar-refractivity contribution in [2.24, 2.45) is 5.73 Å². The highest BCUT2D eigenvalue weighted by Gasteiger charge is 2.12. The second-order valence-electron chi connectivity index (χ2n) is 4.85. The van der Waals surface area contributed by atoms with Gasteiger partial charge in [-0.25, -0.2) is 0 Å². The summed E-state index contributed by atoms with van der Waals surface area (Å²) in [6.07, 6.45) is 1.89. The summed E-state index contributed by atoms with van der Waals surface area (Å²) in [4.78, 5) is 31.8. The molecule has 21 heavy (non-hydrogen) atoms. The molecule has 0 aliphatic carbocycles. The van der Waals surface area contributed by atoms with Crippen LogP contribution in [0.3, 0.4) is 0 Å². The largest absolute Gasteiger partial charge is 0.399 e. The van der Waals surface area contributed by atoms with Crippen LogP contribution >= 0.6 is 0 Å². The maximum Gasteiger partial charge on any atom is 0.217 e. The lowest BCUT2D eigenvalue weighted by Crippen LogP contribution is -2.30. The standard InChI is InChI=1S/C14H21N3O2.CH2O/c1-10(3-6-14(16)19)17(2)8-12-7-13(15)5-4-11(12)9-18;1-2/h4-5,7,9-10H,3,6,8,15H2,1-2H3,(H2,16,19);1H2. The minimum absolute atomic E-state index is 0.202. The molecule has 1 atom stereocenters. The Morgan fingerprint density at radius 3 is 2.57 bits per heavy atom. The number of primary amides is 1. The fourth-order valence-electron chi connectivity index (χ4n) is 1.87. The van der Waals surface area contributed by atoms with Crippen LogP contribution in [0.5, 0.6) is 0 Å². The topological polar surface area (TPSA) is 106 Å². The van der Waals surface area contributed by atoms with Gasteiger partial charge in [-0.1, -0.05) is 0 Å². The molecule has 1 aromatic rings. The van der Waals surface area contributed by atoms with Gasteiger partial charge in [0.15, 0.2) is 0 Å². The van der Waals surface area contributed by atoms with Gasteiger partial charge in [0.2, 0.25) is 5.91 Å². The van der Waals surface area contributed by atoms with Gasteiger partial charge < -0.3 is 16.3 Å². The Balaban J connectivity index is 0.00000191. The van der Waals surface area contributed by atoms with Crippen molar-refractivity contribution in [3.8, 4) is 0 Å². The molecule has 1 amide bonds. The molecule has 0 radical (unpaired) electrons. The minimum Gasteiger partial charge on any atom is -0.399 e. The first-order valence-corrected chi connectivity index (χ1v) is 6.55. The molecule has 0 spiro atoms. The summed E-state index contributed by atoms with van der Waals surface area (Å²) in [5, 5.41) is 0. The summed E-state index contributed by atoms with van der Waals surface area (Å²) in [6.45, 7) is 4.63. The number of benzene rings is 1. The Kier molecular flexibility index (Phi) is 8.64. The monoisotopic (exact) mass is 293 g/mol. The van der Waals surface area contributed by atoms with Crippen molar-refractivity contribution >= 4 is 24.7 Å². The van der Waals surface area contributed by atoms with Crippen LogP contribution in [0.15, 0.2) is 18.2 Å². The highest BCUT2D eigenvalue weighted by atomic mass is 16.1. The van der Waals surface area contributed by atoms with E-state index in [-0.39, 0.29) is 11.9 Å². The third-order valence-electron chi connectivity index (χ3n) is 3.27. The summed E-state index contributed by atoms with van der Waals surface area (Å²) >= 11 is 0. The highest BCUT2D eigenvalue weighted by molar-refractivity contribution is 5.78. The molecule has 0 heterocycles. The lowest BCUT2D eigenvalue weighted by atomic mass is 10.1. The van der Waals surface area contributed by atoms with E-state index in [4.69, 9.17) is 16.3 Å². The summed E-state index contributed by atoms with van der Waals surface area (Å²) in [6, 6.07) is 5.44. The van der Waals surface area contributed by atoms with Gasteiger partial charge in [0.05, 0.1) is 0 Å². The van der Waals surface area contributed by atoms with Gasteiger partial charge in [0.1, 0.15) is 13.1 Å². The number of rotatable bonds is 7. The Morgan fingerprint density at radius 2 is 2.05 bits per heavy atom. The van der Waals surface area contributed by atoms with Crippen molar-refractivity contribution in [2.75, 3.05) is 12.8 Å². The van der Waals surface area contributed by atoms with Crippen molar-refractivity contribution in [3.63, 3.8) is 0 Å². The summed E-state index contributed by atoms with van der Waals surface area (Å²) in [5.74, 6) is -0.294. The zero-order chi connectivity index (χ0) is 16.4. The number of amides is 1. The highest BCUT2D eigenvalue weighted by Crippen LogP contribution is 2.16. The number of nitrogens with two attached hydrogens (primary N) is 2. The molecule has 0 bridgehead atoms. The first-order chi connectivity index (χ1) is 9.93. The maximum atomic E-state index is 11.0. The molecule has 116 valence electrons. The van der Waals surface area contributed by atoms with E-state index in [1.807, 2.05) is 20.8 Å². The number of nitrogens with zero attached hydrogens (tertiary/aromatic N) is 1. The molecule has 0 saturated heterocycles. The molecule has 1 unspecified atom stereocenters. The average molecular weight is 293 g/mol. The van der Waals surface area contributed by atoms with E-state index in [0.717, 1.165) is 11.8 Å². The molecule has 4 N–H and O–H groups in total. The molecule has 0 fully saturated rings. The van der Waals surface area contributed by atoms with Crippen molar-refractivity contribution in [3.05, 3.63) is 29.3 Å². The fourth-order valence-corrected chi connectivity index (χ4v) is 1.87. The molecule has 6 nitrogen and oxygen atoms in total. The van der Waals surface area contributed by atoms with Crippen LogP contribution in [0.25, 0.3) is 0 Å². The Bertz CT molecular complexity index is 477. The lowest BCUT2D eigenvalue weighted by Gasteiger charge is -2.25. The van der Waals surface area contributed by atoms with Crippen molar-refractivity contribution in [1.82, 2.24) is 4.90 Å². The molecular formula is C15H23N3O3. The van der Waals surface area contributed by atoms with Gasteiger partial charge in [-0.2, -0.15) is 0 Å². The summed E-state index contributed by atoms with van der Waals surface area (Å²) in [5.41, 5.74) is 13.0. The molecular weight excluding hydrogens is 270 g/mol. The number of aldehydes is 1. The molecule has 1 aromatic carbocycles. The SMILES string of the molecule is C=O.CC(CCC(N)=O)N(C)Cc1cc(N)ccc1C=O. The minimum atomic E-state index is -0.294. The Labute approximate surface area is 125 Å². The first-order valence-electron chi connectivity index (χ1n) is 6.55. The van der Waals surface area contributed by atoms with E-state index in [1.165, 1.54) is 0 Å². The average Bonchev–Trinajstić information content (AvgIpc) is 2.47. The maximum absolute atomic E-state index is 11.0. The van der Waals surface area contributed by atoms with Gasteiger partial charge in [-0.3, -0.25) is 14.5 Å². The van der Waals surface area contributed by atoms with Gasteiger partial charge in [-0.05, 0) is 44.2 Å². The molecule has 0 aliphatic heterocycles. The fraction of sp³-hybridized carbons (Fsp3) is 0.400. The van der Waals surface area contributed by atoms with Crippen LogP contribution in [-0.2, 0) is 16.1 Å².